The molecule has 88 valence electrons. The molecule has 2 aromatic rings. The molecule has 0 atom stereocenters. The van der Waals surface area contributed by atoms with Gasteiger partial charge < -0.3 is 10.5 Å². The highest BCUT2D eigenvalue weighted by Gasteiger charge is 2.10. The van der Waals surface area contributed by atoms with Gasteiger partial charge in [0.25, 0.3) is 0 Å². The van der Waals surface area contributed by atoms with E-state index in [1.54, 1.807) is 30.3 Å². The molecule has 0 aliphatic rings. The van der Waals surface area contributed by atoms with E-state index in [4.69, 9.17) is 10.5 Å². The Morgan fingerprint density at radius 1 is 1.24 bits per heavy atom. The van der Waals surface area contributed by atoms with E-state index in [0.29, 0.717) is 16.8 Å². The fourth-order valence-corrected chi connectivity index (χ4v) is 2.17. The molecule has 0 saturated heterocycles. The van der Waals surface area contributed by atoms with Gasteiger partial charge in [-0.05, 0) is 29.8 Å². The van der Waals surface area contributed by atoms with Gasteiger partial charge in [-0.15, -0.1) is 0 Å². The van der Waals surface area contributed by atoms with Crippen LogP contribution in [0.25, 0.3) is 11.1 Å². The van der Waals surface area contributed by atoms with Gasteiger partial charge in [-0.25, -0.2) is 4.39 Å². The first kappa shape index (κ1) is 11.9. The lowest BCUT2D eigenvalue weighted by Crippen LogP contribution is -1.92. The van der Waals surface area contributed by atoms with E-state index in [9.17, 15) is 4.39 Å². The first-order valence-electron chi connectivity index (χ1n) is 5.01. The number of rotatable bonds is 2. The summed E-state index contributed by atoms with van der Waals surface area (Å²) >= 11 is 3.34. The number of hydrogen-bond donors (Lipinski definition) is 1. The average molecular weight is 296 g/mol. The Kier molecular flexibility index (Phi) is 3.33. The molecular formula is C13H11BrFNO. The second kappa shape index (κ2) is 4.75. The third-order valence-electron chi connectivity index (χ3n) is 2.41. The number of hydrogen-bond acceptors (Lipinski definition) is 2. The van der Waals surface area contributed by atoms with Crippen molar-refractivity contribution in [2.45, 2.75) is 0 Å². The zero-order chi connectivity index (χ0) is 12.4. The van der Waals surface area contributed by atoms with Crippen molar-refractivity contribution in [2.75, 3.05) is 12.8 Å². The molecule has 2 nitrogen and oxygen atoms in total. The van der Waals surface area contributed by atoms with Gasteiger partial charge in [0.2, 0.25) is 0 Å². The maximum absolute atomic E-state index is 14.0. The molecule has 0 spiro atoms. The van der Waals surface area contributed by atoms with E-state index in [2.05, 4.69) is 15.9 Å². The number of anilines is 1. The van der Waals surface area contributed by atoms with Crippen molar-refractivity contribution < 1.29 is 9.13 Å². The number of nitrogens with two attached hydrogens (primary N) is 1. The minimum Gasteiger partial charge on any atom is -0.494 e. The van der Waals surface area contributed by atoms with E-state index in [1.165, 1.54) is 7.11 Å². The summed E-state index contributed by atoms with van der Waals surface area (Å²) in [4.78, 5) is 0. The number of nitrogen functional groups attached to an aromatic ring is 1. The van der Waals surface area contributed by atoms with Crippen molar-refractivity contribution in [2.24, 2.45) is 0 Å². The Morgan fingerprint density at radius 2 is 2.00 bits per heavy atom. The van der Waals surface area contributed by atoms with Crippen LogP contribution < -0.4 is 10.5 Å². The van der Waals surface area contributed by atoms with Gasteiger partial charge in [-0.3, -0.25) is 0 Å². The van der Waals surface area contributed by atoms with Crippen molar-refractivity contribution in [3.63, 3.8) is 0 Å². The van der Waals surface area contributed by atoms with E-state index < -0.39 is 0 Å². The van der Waals surface area contributed by atoms with Crippen molar-refractivity contribution in [3.05, 3.63) is 46.7 Å². The van der Waals surface area contributed by atoms with E-state index in [0.717, 1.165) is 4.47 Å². The van der Waals surface area contributed by atoms with Gasteiger partial charge in [0.15, 0.2) is 11.6 Å². The van der Waals surface area contributed by atoms with Gasteiger partial charge in [-0.2, -0.15) is 0 Å². The fraction of sp³-hybridized carbons (Fsp3) is 0.0769. The maximum Gasteiger partial charge on any atom is 0.172 e. The molecule has 0 aliphatic carbocycles. The Balaban J connectivity index is 2.60. The Morgan fingerprint density at radius 3 is 2.65 bits per heavy atom. The Hall–Kier alpha value is -1.55. The molecule has 0 heterocycles. The predicted molar refractivity (Wildman–Crippen MR) is 70.5 cm³/mol. The molecule has 0 fully saturated rings. The highest BCUT2D eigenvalue weighted by Crippen LogP contribution is 2.31. The SMILES string of the molecule is COc1cccc(-c2cc(N)cc(Br)c2)c1F. The standard InChI is InChI=1S/C13H11BrFNO/c1-17-12-4-2-3-11(13(12)15)8-5-9(14)7-10(16)6-8/h2-7H,16H2,1H3. The highest BCUT2D eigenvalue weighted by molar-refractivity contribution is 9.10. The lowest BCUT2D eigenvalue weighted by atomic mass is 10.0. The van der Waals surface area contributed by atoms with Crippen molar-refractivity contribution >= 4 is 21.6 Å². The third kappa shape index (κ3) is 2.42. The van der Waals surface area contributed by atoms with Crippen molar-refractivity contribution in [1.29, 1.82) is 0 Å². The summed E-state index contributed by atoms with van der Waals surface area (Å²) < 4.78 is 19.8. The molecular weight excluding hydrogens is 285 g/mol. The van der Waals surface area contributed by atoms with Crippen LogP contribution in [0.15, 0.2) is 40.9 Å². The summed E-state index contributed by atoms with van der Waals surface area (Å²) in [5.74, 6) is -0.159. The first-order valence-corrected chi connectivity index (χ1v) is 5.80. The molecule has 0 radical (unpaired) electrons. The average Bonchev–Trinajstić information content (AvgIpc) is 2.28. The number of methoxy groups -OCH3 is 1. The lowest BCUT2D eigenvalue weighted by Gasteiger charge is -2.08. The number of benzene rings is 2. The molecule has 2 aromatic carbocycles. The molecule has 2 N–H and O–H groups in total. The topological polar surface area (TPSA) is 35.2 Å². The van der Waals surface area contributed by atoms with E-state index >= 15 is 0 Å². The minimum absolute atomic E-state index is 0.223. The van der Waals surface area contributed by atoms with Crippen molar-refractivity contribution in [1.82, 2.24) is 0 Å². The molecule has 4 heteroatoms. The zero-order valence-electron chi connectivity index (χ0n) is 9.21. The van der Waals surface area contributed by atoms with Crippen LogP contribution in [0.4, 0.5) is 10.1 Å². The van der Waals surface area contributed by atoms with E-state index in [-0.39, 0.29) is 11.6 Å². The molecule has 2 rings (SSSR count). The smallest absolute Gasteiger partial charge is 0.172 e. The normalized spacial score (nSPS) is 10.3. The Labute approximate surface area is 107 Å². The summed E-state index contributed by atoms with van der Waals surface area (Å²) in [6.45, 7) is 0. The Bertz CT molecular complexity index is 537. The van der Waals surface area contributed by atoms with Crippen LogP contribution in [-0.2, 0) is 0 Å². The summed E-state index contributed by atoms with van der Waals surface area (Å²) in [6.07, 6.45) is 0. The summed E-state index contributed by atoms with van der Waals surface area (Å²) in [7, 11) is 1.44. The molecule has 0 unspecified atom stereocenters. The molecule has 0 saturated carbocycles. The maximum atomic E-state index is 14.0. The van der Waals surface area contributed by atoms with Crippen molar-refractivity contribution in [3.8, 4) is 16.9 Å². The first-order chi connectivity index (χ1) is 8.11. The summed E-state index contributed by atoms with van der Waals surface area (Å²) in [5.41, 5.74) is 7.50. The van der Waals surface area contributed by atoms with Crippen LogP contribution in [0.3, 0.4) is 0 Å². The second-order valence-corrected chi connectivity index (χ2v) is 4.51. The van der Waals surface area contributed by atoms with Crippen LogP contribution in [0.5, 0.6) is 5.75 Å². The molecule has 0 aromatic heterocycles. The molecule has 0 amide bonds. The van der Waals surface area contributed by atoms with Gasteiger partial charge >= 0.3 is 0 Å². The largest absolute Gasteiger partial charge is 0.494 e. The fourth-order valence-electron chi connectivity index (χ4n) is 1.66. The highest BCUT2D eigenvalue weighted by atomic mass is 79.9. The van der Waals surface area contributed by atoms with Gasteiger partial charge in [0, 0.05) is 15.7 Å². The van der Waals surface area contributed by atoms with Crippen LogP contribution in [0, 0.1) is 5.82 Å². The van der Waals surface area contributed by atoms with Crippen LogP contribution in [0.1, 0.15) is 0 Å². The minimum atomic E-state index is -0.382. The van der Waals surface area contributed by atoms with Gasteiger partial charge in [0.1, 0.15) is 0 Å². The monoisotopic (exact) mass is 295 g/mol. The third-order valence-corrected chi connectivity index (χ3v) is 2.87. The predicted octanol–water partition coefficient (Wildman–Crippen LogP) is 3.85. The molecule has 0 aliphatic heterocycles. The van der Waals surface area contributed by atoms with Gasteiger partial charge in [0.05, 0.1) is 7.11 Å². The van der Waals surface area contributed by atoms with Crippen LogP contribution >= 0.6 is 15.9 Å². The van der Waals surface area contributed by atoms with E-state index in [1.807, 2.05) is 6.07 Å². The second-order valence-electron chi connectivity index (χ2n) is 3.60. The number of ether oxygens (including phenoxy) is 1. The summed E-state index contributed by atoms with van der Waals surface area (Å²) in [6, 6.07) is 10.3. The molecule has 17 heavy (non-hydrogen) atoms. The molecule has 0 bridgehead atoms. The van der Waals surface area contributed by atoms with Crippen LogP contribution in [0.2, 0.25) is 0 Å². The lowest BCUT2D eigenvalue weighted by molar-refractivity contribution is 0.387. The zero-order valence-corrected chi connectivity index (χ0v) is 10.8. The summed E-state index contributed by atoms with van der Waals surface area (Å²) in [5, 5.41) is 0. The van der Waals surface area contributed by atoms with Gasteiger partial charge in [-0.1, -0.05) is 28.1 Å². The number of halogens is 2. The quantitative estimate of drug-likeness (QED) is 0.854. The van der Waals surface area contributed by atoms with Crippen LogP contribution in [-0.4, -0.2) is 7.11 Å².